The van der Waals surface area contributed by atoms with Gasteiger partial charge in [0.2, 0.25) is 0 Å². The predicted octanol–water partition coefficient (Wildman–Crippen LogP) is 2.19. The van der Waals surface area contributed by atoms with Gasteiger partial charge in [0.15, 0.2) is 12.4 Å². The van der Waals surface area contributed by atoms with Gasteiger partial charge in [-0.25, -0.2) is 4.57 Å². The van der Waals surface area contributed by atoms with E-state index in [1.54, 1.807) is 0 Å². The van der Waals surface area contributed by atoms with Crippen molar-refractivity contribution >= 4 is 11.4 Å². The van der Waals surface area contributed by atoms with E-state index >= 15 is 0 Å². The van der Waals surface area contributed by atoms with E-state index in [-0.39, 0.29) is 0 Å². The van der Waals surface area contributed by atoms with Crippen molar-refractivity contribution in [3.63, 3.8) is 0 Å². The molecule has 1 aromatic heterocycles. The van der Waals surface area contributed by atoms with Crippen LogP contribution in [0.25, 0.3) is 0 Å². The molecule has 98 valence electrons. The molecule has 0 amide bonds. The van der Waals surface area contributed by atoms with E-state index in [0.717, 1.165) is 11.3 Å². The van der Waals surface area contributed by atoms with E-state index in [1.165, 1.54) is 5.56 Å². The van der Waals surface area contributed by atoms with Gasteiger partial charge in [-0.3, -0.25) is 0 Å². The lowest BCUT2D eigenvalue weighted by molar-refractivity contribution is -0.671. The lowest BCUT2D eigenvalue weighted by Crippen LogP contribution is -2.26. The van der Waals surface area contributed by atoms with Crippen molar-refractivity contribution in [2.45, 2.75) is 6.42 Å². The van der Waals surface area contributed by atoms with Gasteiger partial charge >= 0.3 is 0 Å². The van der Waals surface area contributed by atoms with E-state index in [0.29, 0.717) is 12.1 Å². The van der Waals surface area contributed by atoms with Crippen LogP contribution in [0.5, 0.6) is 0 Å². The van der Waals surface area contributed by atoms with E-state index < -0.39 is 0 Å². The highest BCUT2D eigenvalue weighted by Gasteiger charge is 2.05. The first kappa shape index (κ1) is 13.3. The van der Waals surface area contributed by atoms with Gasteiger partial charge in [-0.15, -0.1) is 0 Å². The van der Waals surface area contributed by atoms with Gasteiger partial charge in [0.05, 0.1) is 0 Å². The fourth-order valence-corrected chi connectivity index (χ4v) is 1.92. The summed E-state index contributed by atoms with van der Waals surface area (Å²) in [4.78, 5) is 2.06. The number of nitrogens with one attached hydrogen (secondary N) is 1. The number of hydrogen-bond acceptors (Lipinski definition) is 2. The number of rotatable bonds is 4. The molecule has 2 rings (SSSR count). The Morgan fingerprint density at radius 2 is 1.63 bits per heavy atom. The van der Waals surface area contributed by atoms with E-state index in [4.69, 9.17) is 5.41 Å². The van der Waals surface area contributed by atoms with Crippen molar-refractivity contribution in [3.05, 3.63) is 59.9 Å². The van der Waals surface area contributed by atoms with Crippen molar-refractivity contribution < 1.29 is 4.57 Å². The first-order valence-corrected chi connectivity index (χ1v) is 6.35. The van der Waals surface area contributed by atoms with Gasteiger partial charge in [0, 0.05) is 44.0 Å². The first-order valence-electron chi connectivity index (χ1n) is 6.35. The predicted molar refractivity (Wildman–Crippen MR) is 78.9 cm³/mol. The molecule has 0 spiro atoms. The highest BCUT2D eigenvalue weighted by molar-refractivity contribution is 5.99. The maximum Gasteiger partial charge on any atom is 0.168 e. The Balaban J connectivity index is 2.09. The summed E-state index contributed by atoms with van der Waals surface area (Å²) in [5.74, 6) is 0. The van der Waals surface area contributed by atoms with Crippen molar-refractivity contribution in [3.8, 4) is 0 Å². The third-order valence-electron chi connectivity index (χ3n) is 3.16. The lowest BCUT2D eigenvalue weighted by atomic mass is 10.0. The van der Waals surface area contributed by atoms with E-state index in [1.807, 2.05) is 50.2 Å². The quantitative estimate of drug-likeness (QED) is 0.658. The molecular formula is C16H20N3+. The fraction of sp³-hybridized carbons (Fsp3) is 0.250. The largest absolute Gasteiger partial charge is 0.378 e. The molecule has 0 saturated carbocycles. The number of pyridine rings is 1. The fourth-order valence-electron chi connectivity index (χ4n) is 1.92. The summed E-state index contributed by atoms with van der Waals surface area (Å²) in [5.41, 5.74) is 3.96. The molecular weight excluding hydrogens is 234 g/mol. The minimum absolute atomic E-state index is 0.652. The normalized spacial score (nSPS) is 10.3. The molecule has 1 N–H and O–H groups in total. The topological polar surface area (TPSA) is 31.0 Å². The Hall–Kier alpha value is -2.16. The number of aryl methyl sites for hydroxylation is 1. The second-order valence-corrected chi connectivity index (χ2v) is 4.97. The van der Waals surface area contributed by atoms with Crippen molar-refractivity contribution in [2.24, 2.45) is 7.05 Å². The van der Waals surface area contributed by atoms with Gasteiger partial charge in [-0.05, 0) is 23.3 Å². The average Bonchev–Trinajstić information content (AvgIpc) is 2.41. The third kappa shape index (κ3) is 3.41. The monoisotopic (exact) mass is 254 g/mol. The second-order valence-electron chi connectivity index (χ2n) is 4.97. The van der Waals surface area contributed by atoms with Gasteiger partial charge < -0.3 is 10.3 Å². The summed E-state index contributed by atoms with van der Waals surface area (Å²) in [6, 6.07) is 12.2. The molecule has 0 aliphatic heterocycles. The van der Waals surface area contributed by atoms with Gasteiger partial charge in [0.1, 0.15) is 7.05 Å². The van der Waals surface area contributed by atoms with Crippen LogP contribution in [0.2, 0.25) is 0 Å². The van der Waals surface area contributed by atoms with Crippen molar-refractivity contribution in [1.82, 2.24) is 0 Å². The molecule has 0 aliphatic carbocycles. The highest BCUT2D eigenvalue weighted by Crippen LogP contribution is 2.14. The SMILES string of the molecule is CN(C)c1ccc(C(=N)Cc2cc[n+](C)cc2)cc1. The van der Waals surface area contributed by atoms with Crippen LogP contribution in [0.15, 0.2) is 48.8 Å². The van der Waals surface area contributed by atoms with Crippen LogP contribution in [0.3, 0.4) is 0 Å². The standard InChI is InChI=1S/C16H20N3/c1-18(2)15-6-4-14(5-7-15)16(17)12-13-8-10-19(3)11-9-13/h4-11,17H,12H2,1-3H3/q+1. The number of nitrogens with zero attached hydrogens (tertiary/aromatic N) is 2. The maximum atomic E-state index is 8.18. The Kier molecular flexibility index (Phi) is 3.95. The summed E-state index contributed by atoms with van der Waals surface area (Å²) in [7, 11) is 6.03. The lowest BCUT2D eigenvalue weighted by Gasteiger charge is -2.13. The van der Waals surface area contributed by atoms with Gasteiger partial charge in [0.25, 0.3) is 0 Å². The van der Waals surface area contributed by atoms with Crippen LogP contribution in [0.1, 0.15) is 11.1 Å². The number of aromatic nitrogens is 1. The summed E-state index contributed by atoms with van der Waals surface area (Å²) >= 11 is 0. The minimum Gasteiger partial charge on any atom is -0.378 e. The summed E-state index contributed by atoms with van der Waals surface area (Å²) in [5, 5.41) is 8.18. The average molecular weight is 254 g/mol. The first-order chi connectivity index (χ1) is 9.06. The van der Waals surface area contributed by atoms with Crippen LogP contribution in [0, 0.1) is 5.41 Å². The van der Waals surface area contributed by atoms with Crippen LogP contribution < -0.4 is 9.47 Å². The smallest absolute Gasteiger partial charge is 0.168 e. The molecule has 1 aromatic carbocycles. The molecule has 3 heteroatoms. The molecule has 0 aliphatic rings. The molecule has 19 heavy (non-hydrogen) atoms. The van der Waals surface area contributed by atoms with Crippen molar-refractivity contribution in [2.75, 3.05) is 19.0 Å². The summed E-state index contributed by atoms with van der Waals surface area (Å²) in [6.45, 7) is 0. The third-order valence-corrected chi connectivity index (χ3v) is 3.16. The van der Waals surface area contributed by atoms with Crippen LogP contribution in [-0.4, -0.2) is 19.8 Å². The van der Waals surface area contributed by atoms with Crippen LogP contribution in [0.4, 0.5) is 5.69 Å². The van der Waals surface area contributed by atoms with Gasteiger partial charge in [-0.2, -0.15) is 0 Å². The zero-order chi connectivity index (χ0) is 13.8. The molecule has 0 saturated heterocycles. The van der Waals surface area contributed by atoms with Gasteiger partial charge in [-0.1, -0.05) is 12.1 Å². The van der Waals surface area contributed by atoms with Crippen molar-refractivity contribution in [1.29, 1.82) is 5.41 Å². The molecule has 1 heterocycles. The minimum atomic E-state index is 0.652. The number of anilines is 1. The molecule has 0 atom stereocenters. The second kappa shape index (κ2) is 5.65. The highest BCUT2D eigenvalue weighted by atomic mass is 15.1. The molecule has 0 unspecified atom stereocenters. The Bertz CT molecular complexity index is 554. The Labute approximate surface area is 114 Å². The maximum absolute atomic E-state index is 8.18. The van der Waals surface area contributed by atoms with Crippen LogP contribution >= 0.6 is 0 Å². The number of benzene rings is 1. The molecule has 0 fully saturated rings. The van der Waals surface area contributed by atoms with E-state index in [9.17, 15) is 0 Å². The summed E-state index contributed by atoms with van der Waals surface area (Å²) in [6.07, 6.45) is 4.69. The van der Waals surface area contributed by atoms with Crippen LogP contribution in [-0.2, 0) is 13.5 Å². The summed E-state index contributed by atoms with van der Waals surface area (Å²) < 4.78 is 2.00. The molecule has 2 aromatic rings. The Morgan fingerprint density at radius 1 is 1.05 bits per heavy atom. The Morgan fingerprint density at radius 3 is 2.16 bits per heavy atom. The van der Waals surface area contributed by atoms with E-state index in [2.05, 4.69) is 29.2 Å². The molecule has 0 radical (unpaired) electrons. The molecule has 0 bridgehead atoms. The zero-order valence-electron chi connectivity index (χ0n) is 11.7. The zero-order valence-corrected chi connectivity index (χ0v) is 11.7. The number of hydrogen-bond donors (Lipinski definition) is 1. The molecule has 3 nitrogen and oxygen atoms in total.